The zero-order chi connectivity index (χ0) is 44.6. The monoisotopic (exact) mass is 857 g/mol. The van der Waals surface area contributed by atoms with E-state index in [4.69, 9.17) is 11.6 Å². The number of nitrogens with one attached hydrogen (secondary N) is 1. The third kappa shape index (κ3) is 7.40. The molecule has 0 spiro atoms. The predicted octanol–water partition coefficient (Wildman–Crippen LogP) is 17.8. The van der Waals surface area contributed by atoms with Crippen LogP contribution >= 0.6 is 11.6 Å². The van der Waals surface area contributed by atoms with Crippen molar-refractivity contribution in [1.29, 1.82) is 0 Å². The maximum Gasteiger partial charge on any atom is 0.0577 e. The summed E-state index contributed by atoms with van der Waals surface area (Å²) in [5, 5.41) is 10.8. The molecule has 1 N–H and O–H groups in total. The SMILES string of the molecule is CC1(C)c2ccccc2-c2c3[nH]c4ccccc4c3cc3cccc1c23.CCC.CCC.CCCl.CCn1c2ccccc2c2cc3cccc4c3c(c21)-c1ccccc1C4(C)C.[B]. The second-order valence-electron chi connectivity index (χ2n) is 18.1. The van der Waals surface area contributed by atoms with Gasteiger partial charge in [-0.2, -0.15) is 0 Å². The zero-order valence-corrected chi connectivity index (χ0v) is 40.3. The van der Waals surface area contributed by atoms with Gasteiger partial charge in [-0.15, -0.1) is 11.6 Å². The molecule has 2 aliphatic rings. The van der Waals surface area contributed by atoms with Gasteiger partial charge >= 0.3 is 0 Å². The number of benzene rings is 8. The van der Waals surface area contributed by atoms with Crippen molar-refractivity contribution in [3.8, 4) is 22.3 Å². The summed E-state index contributed by atoms with van der Waals surface area (Å²) < 4.78 is 2.51. The summed E-state index contributed by atoms with van der Waals surface area (Å²) in [5.41, 5.74) is 16.4. The number of H-pyrrole nitrogens is 1. The molecular weight excluding hydrogens is 795 g/mol. The fourth-order valence-corrected chi connectivity index (χ4v) is 10.4. The molecule has 2 aromatic heterocycles. The van der Waals surface area contributed by atoms with Gasteiger partial charge in [-0.05, 0) is 86.1 Å². The average molecular weight is 858 g/mol. The fourth-order valence-electron chi connectivity index (χ4n) is 10.4. The molecule has 4 heteroatoms. The van der Waals surface area contributed by atoms with Gasteiger partial charge in [0.2, 0.25) is 0 Å². The molecule has 2 aliphatic carbocycles. The molecule has 8 aromatic carbocycles. The fraction of sp³-hybridized carbons (Fsp3) is 0.267. The molecule has 0 bridgehead atoms. The molecule has 3 radical (unpaired) electrons. The van der Waals surface area contributed by atoms with Crippen molar-refractivity contribution in [2.45, 2.75) is 99.5 Å². The van der Waals surface area contributed by atoms with Crippen LogP contribution in [0, 0.1) is 0 Å². The Hall–Kier alpha value is -5.77. The van der Waals surface area contributed by atoms with Crippen molar-refractivity contribution in [2.24, 2.45) is 0 Å². The lowest BCUT2D eigenvalue weighted by Gasteiger charge is -2.35. The van der Waals surface area contributed by atoms with Crippen LogP contribution in [-0.2, 0) is 17.4 Å². The van der Waals surface area contributed by atoms with E-state index in [2.05, 4.69) is 217 Å². The largest absolute Gasteiger partial charge is 0.354 e. The zero-order valence-electron chi connectivity index (χ0n) is 39.6. The van der Waals surface area contributed by atoms with Crippen LogP contribution in [-0.4, -0.2) is 23.8 Å². The molecule has 0 aliphatic heterocycles. The van der Waals surface area contributed by atoms with Crippen LogP contribution in [0.4, 0.5) is 0 Å². The van der Waals surface area contributed by atoms with Gasteiger partial charge in [0.05, 0.1) is 11.0 Å². The van der Waals surface area contributed by atoms with Crippen LogP contribution < -0.4 is 0 Å². The molecule has 0 amide bonds. The van der Waals surface area contributed by atoms with Gasteiger partial charge < -0.3 is 9.55 Å². The van der Waals surface area contributed by atoms with E-state index in [-0.39, 0.29) is 19.2 Å². The maximum absolute atomic E-state index is 5.00. The third-order valence-corrected chi connectivity index (χ3v) is 12.9. The second-order valence-corrected chi connectivity index (χ2v) is 18.6. The Balaban J connectivity index is 0.000000160. The number of hydrogen-bond acceptors (Lipinski definition) is 0. The first-order chi connectivity index (χ1) is 30.5. The molecule has 0 saturated heterocycles. The third-order valence-electron chi connectivity index (χ3n) is 12.9. The van der Waals surface area contributed by atoms with Crippen molar-refractivity contribution in [3.05, 3.63) is 168 Å². The van der Waals surface area contributed by atoms with E-state index >= 15 is 0 Å². The number of para-hydroxylation sites is 2. The summed E-state index contributed by atoms with van der Waals surface area (Å²) in [7, 11) is 0. The lowest BCUT2D eigenvalue weighted by molar-refractivity contribution is 0.645. The molecule has 2 heterocycles. The van der Waals surface area contributed by atoms with Crippen LogP contribution in [0.5, 0.6) is 0 Å². The van der Waals surface area contributed by atoms with E-state index in [0.717, 1.165) is 12.4 Å². The standard InChI is InChI=1S/C27H23N.C25H19N.2C3H8.C2H5Cl.B/c1-4-28-23-15-8-6-11-18(23)20-16-17-10-9-14-22-24(17)25(26(20)28)19-12-5-7-13-21(19)27(22,2)3;1-25(2)19-11-5-3-10-17(19)23-22-15(8-7-12-20(22)25)14-18-16-9-4-6-13-21(16)26-24(18)23;2*1-3-2;1-2-3;/h5-16H,4H2,1-3H3;3-14,26H,1-2H3;2*3H2,1-2H3;2H2,1H3;. The van der Waals surface area contributed by atoms with Crippen molar-refractivity contribution < 1.29 is 0 Å². The van der Waals surface area contributed by atoms with E-state index in [1.807, 2.05) is 6.92 Å². The minimum absolute atomic E-state index is 0. The Labute approximate surface area is 388 Å². The Morgan fingerprint density at radius 1 is 0.484 bits per heavy atom. The number of nitrogens with zero attached hydrogens (tertiary/aromatic N) is 1. The molecule has 0 atom stereocenters. The summed E-state index contributed by atoms with van der Waals surface area (Å²) in [6, 6.07) is 53.7. The van der Waals surface area contributed by atoms with E-state index in [1.165, 1.54) is 123 Å². The highest BCUT2D eigenvalue weighted by Crippen LogP contribution is 2.53. The van der Waals surface area contributed by atoms with Crippen LogP contribution in [0.3, 0.4) is 0 Å². The van der Waals surface area contributed by atoms with Crippen molar-refractivity contribution in [3.63, 3.8) is 0 Å². The van der Waals surface area contributed by atoms with E-state index in [9.17, 15) is 0 Å². The lowest BCUT2D eigenvalue weighted by Crippen LogP contribution is -2.23. The number of halogens is 1. The Kier molecular flexibility index (Phi) is 13.5. The highest BCUT2D eigenvalue weighted by Gasteiger charge is 2.36. The van der Waals surface area contributed by atoms with E-state index < -0.39 is 0 Å². The smallest absolute Gasteiger partial charge is 0.0577 e. The summed E-state index contributed by atoms with van der Waals surface area (Å²) in [6.07, 6.45) is 2.50. The number of fused-ring (bicyclic) bond motifs is 12. The van der Waals surface area contributed by atoms with Gasteiger partial charge in [0.25, 0.3) is 0 Å². The molecule has 64 heavy (non-hydrogen) atoms. The topological polar surface area (TPSA) is 20.7 Å². The number of rotatable bonds is 1. The van der Waals surface area contributed by atoms with Crippen LogP contribution in [0.2, 0.25) is 0 Å². The Morgan fingerprint density at radius 2 is 0.922 bits per heavy atom. The molecule has 12 rings (SSSR count). The number of aryl methyl sites for hydroxylation is 1. The van der Waals surface area contributed by atoms with Gasteiger partial charge in [-0.3, -0.25) is 0 Å². The normalized spacial score (nSPS) is 13.3. The first kappa shape index (κ1) is 46.2. The van der Waals surface area contributed by atoms with Gasteiger partial charge in [0, 0.05) is 75.4 Å². The number of alkyl halides is 1. The van der Waals surface area contributed by atoms with Crippen molar-refractivity contribution in [2.75, 3.05) is 5.88 Å². The molecule has 2 nitrogen and oxygen atoms in total. The molecule has 323 valence electrons. The maximum atomic E-state index is 5.00. The summed E-state index contributed by atoms with van der Waals surface area (Å²) in [4.78, 5) is 3.72. The number of aromatic amines is 1. The molecular formula is C60H63BClN2. The van der Waals surface area contributed by atoms with Crippen LogP contribution in [0.15, 0.2) is 146 Å². The Morgan fingerprint density at radius 3 is 1.48 bits per heavy atom. The van der Waals surface area contributed by atoms with Gasteiger partial charge in [0.1, 0.15) is 0 Å². The van der Waals surface area contributed by atoms with Crippen LogP contribution in [0.25, 0.3) is 87.4 Å². The highest BCUT2D eigenvalue weighted by atomic mass is 35.5. The van der Waals surface area contributed by atoms with Gasteiger partial charge in [-0.25, -0.2) is 0 Å². The van der Waals surface area contributed by atoms with Crippen LogP contribution in [0.1, 0.15) is 104 Å². The summed E-state index contributed by atoms with van der Waals surface area (Å²) in [6.45, 7) is 23.0. The summed E-state index contributed by atoms with van der Waals surface area (Å²) in [5.74, 6) is 0.722. The minimum Gasteiger partial charge on any atom is -0.354 e. The molecule has 0 unspecified atom stereocenters. The van der Waals surface area contributed by atoms with Crippen molar-refractivity contribution >= 4 is 85.2 Å². The first-order valence-electron chi connectivity index (χ1n) is 23.2. The van der Waals surface area contributed by atoms with Gasteiger partial charge in [0.15, 0.2) is 0 Å². The van der Waals surface area contributed by atoms with Crippen molar-refractivity contribution in [1.82, 2.24) is 9.55 Å². The summed E-state index contributed by atoms with van der Waals surface area (Å²) >= 11 is 5.00. The quantitative estimate of drug-likeness (QED) is 0.125. The molecule has 0 fully saturated rings. The van der Waals surface area contributed by atoms with E-state index in [0.29, 0.717) is 0 Å². The molecule has 10 aromatic rings. The second kappa shape index (κ2) is 18.8. The average Bonchev–Trinajstić information content (AvgIpc) is 3.82. The Bertz CT molecular complexity index is 3270. The number of hydrogen-bond donors (Lipinski definition) is 1. The highest BCUT2D eigenvalue weighted by molar-refractivity contribution is 6.23. The molecule has 0 saturated carbocycles. The predicted molar refractivity (Wildman–Crippen MR) is 285 cm³/mol. The first-order valence-corrected chi connectivity index (χ1v) is 23.8. The number of aromatic nitrogens is 2. The van der Waals surface area contributed by atoms with Gasteiger partial charge in [-0.1, -0.05) is 196 Å². The van der Waals surface area contributed by atoms with E-state index in [1.54, 1.807) is 0 Å². The lowest BCUT2D eigenvalue weighted by atomic mass is 9.68. The minimum atomic E-state index is -0.000159.